The molecule has 19 heavy (non-hydrogen) atoms. The highest BCUT2D eigenvalue weighted by molar-refractivity contribution is 6.32. The Bertz CT molecular complexity index is 497. The van der Waals surface area contributed by atoms with Crippen LogP contribution in [0.1, 0.15) is 18.4 Å². The molecule has 2 aliphatic heterocycles. The third-order valence-electron chi connectivity index (χ3n) is 3.35. The fraction of sp³-hybridized carbons (Fsp3) is 0.462. The van der Waals surface area contributed by atoms with Crippen LogP contribution in [-0.4, -0.2) is 25.3 Å². The molecule has 0 bridgehead atoms. The maximum absolute atomic E-state index is 11.1. The number of halogens is 1. The van der Waals surface area contributed by atoms with Crippen molar-refractivity contribution in [2.75, 3.05) is 13.3 Å². The zero-order valence-corrected chi connectivity index (χ0v) is 11.1. The Labute approximate surface area is 116 Å². The normalized spacial score (nSPS) is 21.3. The number of carbonyl (C=O) groups excluding carboxylic acids is 1. The molecule has 1 amide bonds. The Morgan fingerprint density at radius 1 is 1.42 bits per heavy atom. The van der Waals surface area contributed by atoms with Crippen molar-refractivity contribution in [3.63, 3.8) is 0 Å². The van der Waals surface area contributed by atoms with E-state index >= 15 is 0 Å². The molecule has 1 fully saturated rings. The van der Waals surface area contributed by atoms with Crippen LogP contribution in [0.2, 0.25) is 5.02 Å². The first-order valence-corrected chi connectivity index (χ1v) is 6.68. The molecule has 1 aromatic carbocycles. The lowest BCUT2D eigenvalue weighted by atomic mass is 10.1. The van der Waals surface area contributed by atoms with Crippen LogP contribution in [0.15, 0.2) is 12.1 Å². The Morgan fingerprint density at radius 2 is 2.32 bits per heavy atom. The topological polar surface area (TPSA) is 59.6 Å². The van der Waals surface area contributed by atoms with Gasteiger partial charge >= 0.3 is 0 Å². The minimum atomic E-state index is 0.129. The van der Waals surface area contributed by atoms with E-state index in [-0.39, 0.29) is 12.7 Å². The van der Waals surface area contributed by atoms with E-state index in [2.05, 4.69) is 10.6 Å². The van der Waals surface area contributed by atoms with Gasteiger partial charge in [0.1, 0.15) is 0 Å². The van der Waals surface area contributed by atoms with Crippen molar-refractivity contribution in [1.82, 2.24) is 10.6 Å². The molecule has 1 saturated heterocycles. The summed E-state index contributed by atoms with van der Waals surface area (Å²) in [7, 11) is 0. The van der Waals surface area contributed by atoms with Crippen molar-refractivity contribution in [3.05, 3.63) is 22.7 Å². The maximum Gasteiger partial charge on any atom is 0.231 e. The summed E-state index contributed by atoms with van der Waals surface area (Å²) in [5.74, 6) is 1.45. The van der Waals surface area contributed by atoms with Crippen LogP contribution in [0.5, 0.6) is 11.5 Å². The lowest BCUT2D eigenvalue weighted by Gasteiger charge is -2.23. The smallest absolute Gasteiger partial charge is 0.231 e. The second-order valence-corrected chi connectivity index (χ2v) is 5.14. The monoisotopic (exact) mass is 282 g/mol. The number of hydrogen-bond acceptors (Lipinski definition) is 4. The van der Waals surface area contributed by atoms with Gasteiger partial charge in [-0.1, -0.05) is 11.6 Å². The number of hydrogen-bond donors (Lipinski definition) is 2. The molecule has 2 aliphatic rings. The lowest BCUT2D eigenvalue weighted by molar-refractivity contribution is -0.122. The average molecular weight is 283 g/mol. The van der Waals surface area contributed by atoms with E-state index in [0.29, 0.717) is 42.1 Å². The van der Waals surface area contributed by atoms with Gasteiger partial charge in [0.2, 0.25) is 12.7 Å². The lowest BCUT2D eigenvalue weighted by Crippen LogP contribution is -2.45. The van der Waals surface area contributed by atoms with Gasteiger partial charge in [-0.15, -0.1) is 0 Å². The SMILES string of the molecule is O=C1CCC(NCc2cc(Cl)c3c(c2)OCO3)CN1. The number of ether oxygens (including phenoxy) is 2. The van der Waals surface area contributed by atoms with Crippen LogP contribution in [0, 0.1) is 0 Å². The van der Waals surface area contributed by atoms with E-state index in [1.807, 2.05) is 12.1 Å². The van der Waals surface area contributed by atoms with E-state index < -0.39 is 0 Å². The van der Waals surface area contributed by atoms with Gasteiger partial charge < -0.3 is 20.1 Å². The van der Waals surface area contributed by atoms with E-state index in [1.165, 1.54) is 0 Å². The highest BCUT2D eigenvalue weighted by Gasteiger charge is 2.20. The molecule has 0 aliphatic carbocycles. The zero-order chi connectivity index (χ0) is 13.2. The predicted molar refractivity (Wildman–Crippen MR) is 70.4 cm³/mol. The van der Waals surface area contributed by atoms with E-state index in [9.17, 15) is 4.79 Å². The summed E-state index contributed by atoms with van der Waals surface area (Å²) in [6, 6.07) is 4.12. The molecule has 2 N–H and O–H groups in total. The van der Waals surface area contributed by atoms with Gasteiger partial charge in [-0.3, -0.25) is 4.79 Å². The highest BCUT2D eigenvalue weighted by atomic mass is 35.5. The molecule has 0 radical (unpaired) electrons. The molecule has 0 saturated carbocycles. The molecular formula is C13H15ClN2O3. The summed E-state index contributed by atoms with van der Waals surface area (Å²) in [4.78, 5) is 11.1. The number of carbonyl (C=O) groups is 1. The largest absolute Gasteiger partial charge is 0.454 e. The number of nitrogens with one attached hydrogen (secondary N) is 2. The summed E-state index contributed by atoms with van der Waals surface area (Å²) < 4.78 is 10.6. The number of benzene rings is 1. The molecule has 5 nitrogen and oxygen atoms in total. The van der Waals surface area contributed by atoms with Crippen LogP contribution in [0.4, 0.5) is 0 Å². The molecule has 102 valence electrons. The van der Waals surface area contributed by atoms with Gasteiger partial charge in [-0.25, -0.2) is 0 Å². The second kappa shape index (κ2) is 5.27. The van der Waals surface area contributed by atoms with Crippen LogP contribution in [0.3, 0.4) is 0 Å². The molecule has 6 heteroatoms. The van der Waals surface area contributed by atoms with Gasteiger partial charge in [0.15, 0.2) is 11.5 Å². The first-order chi connectivity index (χ1) is 9.22. The van der Waals surface area contributed by atoms with E-state index in [0.717, 1.165) is 12.0 Å². The van der Waals surface area contributed by atoms with Crippen molar-refractivity contribution in [2.24, 2.45) is 0 Å². The van der Waals surface area contributed by atoms with Crippen LogP contribution >= 0.6 is 11.6 Å². The fourth-order valence-electron chi connectivity index (χ4n) is 2.29. The quantitative estimate of drug-likeness (QED) is 0.881. The van der Waals surface area contributed by atoms with Gasteiger partial charge in [-0.05, 0) is 24.1 Å². The van der Waals surface area contributed by atoms with Gasteiger partial charge in [0.25, 0.3) is 0 Å². The molecule has 0 spiro atoms. The van der Waals surface area contributed by atoms with Crippen molar-refractivity contribution >= 4 is 17.5 Å². The summed E-state index contributed by atoms with van der Waals surface area (Å²) in [5.41, 5.74) is 1.05. The zero-order valence-electron chi connectivity index (χ0n) is 10.4. The van der Waals surface area contributed by atoms with Gasteiger partial charge in [0, 0.05) is 25.6 Å². The van der Waals surface area contributed by atoms with E-state index in [1.54, 1.807) is 0 Å². The minimum absolute atomic E-state index is 0.129. The first kappa shape index (κ1) is 12.6. The van der Waals surface area contributed by atoms with Crippen molar-refractivity contribution < 1.29 is 14.3 Å². The van der Waals surface area contributed by atoms with Crippen molar-refractivity contribution in [3.8, 4) is 11.5 Å². The summed E-state index contributed by atoms with van der Waals surface area (Å²) in [6.45, 7) is 1.59. The van der Waals surface area contributed by atoms with Crippen LogP contribution in [0.25, 0.3) is 0 Å². The highest BCUT2D eigenvalue weighted by Crippen LogP contribution is 2.39. The standard InChI is InChI=1S/C13H15ClN2O3/c14-10-3-8(4-11-13(10)19-7-18-11)5-15-9-1-2-12(17)16-6-9/h3-4,9,15H,1-2,5-7H2,(H,16,17). The first-order valence-electron chi connectivity index (χ1n) is 6.30. The molecule has 1 unspecified atom stereocenters. The Kier molecular flexibility index (Phi) is 3.48. The number of rotatable bonds is 3. The summed E-state index contributed by atoms with van der Waals surface area (Å²) in [6.07, 6.45) is 1.45. The summed E-state index contributed by atoms with van der Waals surface area (Å²) in [5, 5.41) is 6.83. The predicted octanol–water partition coefficient (Wildman–Crippen LogP) is 1.44. The van der Waals surface area contributed by atoms with Crippen molar-refractivity contribution in [2.45, 2.75) is 25.4 Å². The third-order valence-corrected chi connectivity index (χ3v) is 3.63. The van der Waals surface area contributed by atoms with Gasteiger partial charge in [-0.2, -0.15) is 0 Å². The molecular weight excluding hydrogens is 268 g/mol. The fourth-order valence-corrected chi connectivity index (χ4v) is 2.58. The van der Waals surface area contributed by atoms with Crippen molar-refractivity contribution in [1.29, 1.82) is 0 Å². The Morgan fingerprint density at radius 3 is 3.11 bits per heavy atom. The van der Waals surface area contributed by atoms with E-state index in [4.69, 9.17) is 21.1 Å². The Balaban J connectivity index is 1.61. The number of amides is 1. The molecule has 1 atom stereocenters. The third kappa shape index (κ3) is 2.77. The summed E-state index contributed by atoms with van der Waals surface area (Å²) >= 11 is 6.13. The molecule has 0 aromatic heterocycles. The van der Waals surface area contributed by atoms with Crippen LogP contribution in [-0.2, 0) is 11.3 Å². The average Bonchev–Trinajstić information content (AvgIpc) is 2.87. The second-order valence-electron chi connectivity index (χ2n) is 4.73. The number of piperidine rings is 1. The number of fused-ring (bicyclic) bond motifs is 1. The minimum Gasteiger partial charge on any atom is -0.454 e. The molecule has 1 aromatic rings. The van der Waals surface area contributed by atoms with Crippen LogP contribution < -0.4 is 20.1 Å². The molecule has 3 rings (SSSR count). The van der Waals surface area contributed by atoms with Gasteiger partial charge in [0.05, 0.1) is 5.02 Å². The Hall–Kier alpha value is -1.46. The maximum atomic E-state index is 11.1. The molecule has 2 heterocycles.